The van der Waals surface area contributed by atoms with Gasteiger partial charge >= 0.3 is 6.03 Å². The predicted molar refractivity (Wildman–Crippen MR) is 68.1 cm³/mol. The summed E-state index contributed by atoms with van der Waals surface area (Å²) in [7, 11) is 1.29. The van der Waals surface area contributed by atoms with Crippen LogP contribution in [-0.4, -0.2) is 29.4 Å². The number of urea groups is 1. The van der Waals surface area contributed by atoms with Crippen molar-refractivity contribution >= 4 is 23.5 Å². The lowest BCUT2D eigenvalue weighted by molar-refractivity contribution is 0.216. The highest BCUT2D eigenvalue weighted by molar-refractivity contribution is 7.98. The lowest BCUT2D eigenvalue weighted by Gasteiger charge is -2.24. The lowest BCUT2D eigenvalue weighted by atomic mass is 10.1. The summed E-state index contributed by atoms with van der Waals surface area (Å²) >= 11 is 1.32. The van der Waals surface area contributed by atoms with Crippen molar-refractivity contribution in [2.75, 3.05) is 18.3 Å². The normalized spacial score (nSPS) is 10.3. The van der Waals surface area contributed by atoms with Crippen molar-refractivity contribution in [3.63, 3.8) is 0 Å². The second kappa shape index (κ2) is 6.01. The van der Waals surface area contributed by atoms with Crippen LogP contribution in [0.2, 0.25) is 0 Å². The van der Waals surface area contributed by atoms with Crippen LogP contribution < -0.4 is 16.7 Å². The molecule has 2 amide bonds. The van der Waals surface area contributed by atoms with Gasteiger partial charge in [0.05, 0.1) is 6.61 Å². The van der Waals surface area contributed by atoms with Gasteiger partial charge in [0.15, 0.2) is 0 Å². The molecule has 0 fully saturated rings. The van der Waals surface area contributed by atoms with Gasteiger partial charge in [-0.05, 0) is 18.4 Å². The largest absolute Gasteiger partial charge is 0.392 e. The number of benzene rings is 1. The van der Waals surface area contributed by atoms with E-state index in [9.17, 15) is 14.3 Å². The van der Waals surface area contributed by atoms with Gasteiger partial charge in [0.2, 0.25) is 0 Å². The Hall–Kier alpha value is -1.35. The molecule has 1 rings (SSSR count). The Morgan fingerprint density at radius 1 is 1.50 bits per heavy atom. The smallest absolute Gasteiger partial charge is 0.352 e. The van der Waals surface area contributed by atoms with E-state index in [1.54, 1.807) is 6.26 Å². The van der Waals surface area contributed by atoms with E-state index in [-0.39, 0.29) is 11.3 Å². The molecule has 0 saturated carbocycles. The second-order valence-electron chi connectivity index (χ2n) is 3.50. The molecule has 5 N–H and O–H groups in total. The zero-order valence-corrected chi connectivity index (χ0v) is 10.9. The van der Waals surface area contributed by atoms with Crippen molar-refractivity contribution in [2.24, 2.45) is 11.7 Å². The van der Waals surface area contributed by atoms with Gasteiger partial charge in [0.1, 0.15) is 11.5 Å². The highest BCUT2D eigenvalue weighted by Crippen LogP contribution is 2.31. The lowest BCUT2D eigenvalue weighted by Crippen LogP contribution is -2.49. The number of carbonyl (C=O) groups excluding carboxylic acids is 1. The van der Waals surface area contributed by atoms with Crippen LogP contribution in [0.15, 0.2) is 17.0 Å². The molecule has 6 nitrogen and oxygen atoms in total. The molecule has 0 saturated heterocycles. The number of nitrogens with two attached hydrogens (primary N) is 2. The van der Waals surface area contributed by atoms with Gasteiger partial charge in [-0.2, -0.15) is 0 Å². The number of rotatable bonds is 3. The molecule has 1 aromatic carbocycles. The number of hydrogen-bond donors (Lipinski definition) is 3. The summed E-state index contributed by atoms with van der Waals surface area (Å²) in [5.74, 6) is 10.1. The van der Waals surface area contributed by atoms with E-state index in [0.717, 1.165) is 5.01 Å². The maximum absolute atomic E-state index is 13.8. The Labute approximate surface area is 108 Å². The van der Waals surface area contributed by atoms with Crippen LogP contribution in [0, 0.1) is 5.82 Å². The molecule has 0 unspecified atom stereocenters. The maximum Gasteiger partial charge on any atom is 0.352 e. The Bertz CT molecular complexity index is 456. The molecule has 0 aliphatic carbocycles. The number of hydrogen-bond acceptors (Lipinski definition) is 5. The number of aliphatic hydroxyl groups excluding tert-OH is 1. The monoisotopic (exact) mass is 274 g/mol. The molecule has 0 spiro atoms. The van der Waals surface area contributed by atoms with Gasteiger partial charge in [-0.25, -0.2) is 25.9 Å². The number of aliphatic hydroxyl groups is 1. The van der Waals surface area contributed by atoms with Gasteiger partial charge in [0, 0.05) is 17.5 Å². The minimum atomic E-state index is -0.790. The maximum atomic E-state index is 13.8. The number of hydrazine groups is 2. The number of nitrogens with zero attached hydrogens (tertiary/aromatic N) is 2. The highest BCUT2D eigenvalue weighted by Gasteiger charge is 2.23. The van der Waals surface area contributed by atoms with E-state index < -0.39 is 18.5 Å². The topological polar surface area (TPSA) is 95.8 Å². The third kappa shape index (κ3) is 2.72. The van der Waals surface area contributed by atoms with E-state index in [0.29, 0.717) is 9.90 Å². The first kappa shape index (κ1) is 14.7. The fourth-order valence-corrected chi connectivity index (χ4v) is 2.07. The number of anilines is 1. The third-order valence-electron chi connectivity index (χ3n) is 2.32. The number of thioether (sulfide) groups is 1. The molecule has 0 radical (unpaired) electrons. The third-order valence-corrected chi connectivity index (χ3v) is 3.14. The van der Waals surface area contributed by atoms with E-state index in [4.69, 9.17) is 11.7 Å². The second-order valence-corrected chi connectivity index (χ2v) is 4.35. The average molecular weight is 274 g/mol. The minimum Gasteiger partial charge on any atom is -0.392 e. The van der Waals surface area contributed by atoms with E-state index in [2.05, 4.69) is 0 Å². The first-order chi connectivity index (χ1) is 8.43. The zero-order chi connectivity index (χ0) is 13.9. The van der Waals surface area contributed by atoms with Crippen molar-refractivity contribution < 1.29 is 14.3 Å². The van der Waals surface area contributed by atoms with Crippen molar-refractivity contribution in [3.8, 4) is 0 Å². The van der Waals surface area contributed by atoms with Crippen molar-refractivity contribution in [1.29, 1.82) is 0 Å². The van der Waals surface area contributed by atoms with Crippen LogP contribution in [0.4, 0.5) is 14.9 Å². The van der Waals surface area contributed by atoms with Crippen LogP contribution in [0.25, 0.3) is 0 Å². The summed E-state index contributed by atoms with van der Waals surface area (Å²) in [4.78, 5) is 12.2. The van der Waals surface area contributed by atoms with Crippen LogP contribution in [0.5, 0.6) is 0 Å². The molecular weight excluding hydrogens is 259 g/mol. The standard InChI is InChI=1S/C10H15FN4O2S/c1-14(12)10(17)15(13)9-6(5-16)8(18-2)4-3-7(9)11/h3-4,16H,5,12-13H2,1-2H3. The summed E-state index contributed by atoms with van der Waals surface area (Å²) in [6.07, 6.45) is 1.77. The van der Waals surface area contributed by atoms with Crippen LogP contribution >= 0.6 is 11.8 Å². The molecule has 1 aromatic rings. The van der Waals surface area contributed by atoms with E-state index in [1.165, 1.54) is 30.9 Å². The van der Waals surface area contributed by atoms with Gasteiger partial charge in [-0.15, -0.1) is 11.8 Å². The number of amides is 2. The van der Waals surface area contributed by atoms with Crippen molar-refractivity contribution in [3.05, 3.63) is 23.5 Å². The van der Waals surface area contributed by atoms with Gasteiger partial charge in [-0.3, -0.25) is 5.01 Å². The van der Waals surface area contributed by atoms with Crippen molar-refractivity contribution in [2.45, 2.75) is 11.5 Å². The summed E-state index contributed by atoms with van der Waals surface area (Å²) in [5.41, 5.74) is 0.0758. The Morgan fingerprint density at radius 3 is 2.56 bits per heavy atom. The molecule has 100 valence electrons. The first-order valence-corrected chi connectivity index (χ1v) is 6.20. The van der Waals surface area contributed by atoms with Gasteiger partial charge < -0.3 is 5.11 Å². The zero-order valence-electron chi connectivity index (χ0n) is 10.1. The molecule has 0 atom stereocenters. The molecule has 0 aliphatic heterocycles. The summed E-state index contributed by atoms with van der Waals surface area (Å²) in [5, 5.41) is 10.6. The molecule has 0 bridgehead atoms. The SMILES string of the molecule is CSc1ccc(F)c(N(N)C(=O)N(C)N)c1CO. The Balaban J connectivity index is 3.33. The van der Waals surface area contributed by atoms with Crippen LogP contribution in [0.3, 0.4) is 0 Å². The molecule has 18 heavy (non-hydrogen) atoms. The molecule has 0 aromatic heterocycles. The Morgan fingerprint density at radius 2 is 2.11 bits per heavy atom. The van der Waals surface area contributed by atoms with E-state index >= 15 is 0 Å². The van der Waals surface area contributed by atoms with Crippen LogP contribution in [0.1, 0.15) is 5.56 Å². The Kier molecular flexibility index (Phi) is 4.91. The van der Waals surface area contributed by atoms with Crippen molar-refractivity contribution in [1.82, 2.24) is 5.01 Å². The number of halogens is 1. The van der Waals surface area contributed by atoms with Crippen LogP contribution in [-0.2, 0) is 6.61 Å². The van der Waals surface area contributed by atoms with Gasteiger partial charge in [-0.1, -0.05) is 0 Å². The summed E-state index contributed by atoms with van der Waals surface area (Å²) < 4.78 is 13.8. The average Bonchev–Trinajstić information content (AvgIpc) is 2.36. The summed E-state index contributed by atoms with van der Waals surface area (Å²) in [6.45, 7) is -0.432. The quantitative estimate of drug-likeness (QED) is 0.325. The molecule has 0 heterocycles. The minimum absolute atomic E-state index is 0.174. The molecule has 0 aliphatic rings. The fourth-order valence-electron chi connectivity index (χ4n) is 1.46. The predicted octanol–water partition coefficient (Wildman–Crippen LogP) is 0.646. The number of carbonyl (C=O) groups is 1. The molecular formula is C10H15FN4O2S. The first-order valence-electron chi connectivity index (χ1n) is 4.97. The van der Waals surface area contributed by atoms with E-state index in [1.807, 2.05) is 0 Å². The fraction of sp³-hybridized carbons (Fsp3) is 0.300. The van der Waals surface area contributed by atoms with Gasteiger partial charge in [0.25, 0.3) is 0 Å². The summed E-state index contributed by atoms with van der Waals surface area (Å²) in [6, 6.07) is 1.91. The highest BCUT2D eigenvalue weighted by atomic mass is 32.2. The molecule has 8 heteroatoms.